The first kappa shape index (κ1) is 13.8. The first-order valence-corrected chi connectivity index (χ1v) is 6.11. The number of carbonyl (C=O) groups is 1. The first-order valence-electron chi connectivity index (χ1n) is 6.11. The molecule has 0 unspecified atom stereocenters. The topological polar surface area (TPSA) is 85.4 Å². The van der Waals surface area contributed by atoms with E-state index < -0.39 is 10.9 Å². The normalized spacial score (nSPS) is 10.4. The molecule has 0 atom stereocenters. The van der Waals surface area contributed by atoms with E-state index >= 15 is 0 Å². The van der Waals surface area contributed by atoms with Gasteiger partial charge in [0.05, 0.1) is 4.92 Å². The number of non-ortho nitro benzene ring substituents is 1. The Morgan fingerprint density at radius 3 is 2.50 bits per heavy atom. The first-order chi connectivity index (χ1) is 9.49. The van der Waals surface area contributed by atoms with Crippen LogP contribution in [0.25, 0.3) is 0 Å². The highest BCUT2D eigenvalue weighted by Crippen LogP contribution is 2.14. The van der Waals surface area contributed by atoms with Crippen LogP contribution in [-0.4, -0.2) is 20.6 Å². The van der Waals surface area contributed by atoms with E-state index in [2.05, 4.69) is 0 Å². The van der Waals surface area contributed by atoms with E-state index in [1.165, 1.54) is 12.1 Å². The van der Waals surface area contributed by atoms with Crippen LogP contribution in [0.15, 0.2) is 36.5 Å². The zero-order valence-electron chi connectivity index (χ0n) is 10.9. The Balaban J connectivity index is 2.09. The van der Waals surface area contributed by atoms with Gasteiger partial charge in [0.2, 0.25) is 0 Å². The van der Waals surface area contributed by atoms with E-state index in [0.717, 1.165) is 11.1 Å². The monoisotopic (exact) mass is 274 g/mol. The van der Waals surface area contributed by atoms with Gasteiger partial charge in [-0.2, -0.15) is 0 Å². The van der Waals surface area contributed by atoms with E-state index in [9.17, 15) is 14.9 Å². The molecule has 0 bridgehead atoms. The van der Waals surface area contributed by atoms with Crippen molar-refractivity contribution in [2.75, 3.05) is 0 Å². The molecule has 0 radical (unpaired) electrons. The van der Waals surface area contributed by atoms with Crippen molar-refractivity contribution in [2.24, 2.45) is 0 Å². The summed E-state index contributed by atoms with van der Waals surface area (Å²) in [6.07, 6.45) is 2.36. The number of rotatable bonds is 5. The predicted molar refractivity (Wildman–Crippen MR) is 72.9 cm³/mol. The fourth-order valence-electron chi connectivity index (χ4n) is 2.09. The molecule has 0 aliphatic heterocycles. The minimum atomic E-state index is -0.948. The van der Waals surface area contributed by atoms with Crippen molar-refractivity contribution in [1.82, 2.24) is 4.57 Å². The summed E-state index contributed by atoms with van der Waals surface area (Å²) in [5.41, 5.74) is 1.99. The summed E-state index contributed by atoms with van der Waals surface area (Å²) >= 11 is 0. The van der Waals surface area contributed by atoms with Gasteiger partial charge in [-0.05, 0) is 30.5 Å². The molecule has 2 aromatic rings. The van der Waals surface area contributed by atoms with Crippen LogP contribution < -0.4 is 0 Å². The van der Waals surface area contributed by atoms with Crippen LogP contribution in [-0.2, 0) is 13.0 Å². The molecule has 6 heteroatoms. The summed E-state index contributed by atoms with van der Waals surface area (Å²) in [4.78, 5) is 21.2. The molecule has 1 aromatic carbocycles. The second-order valence-electron chi connectivity index (χ2n) is 4.52. The van der Waals surface area contributed by atoms with Gasteiger partial charge in [0, 0.05) is 24.9 Å². The van der Waals surface area contributed by atoms with Crippen molar-refractivity contribution in [2.45, 2.75) is 19.9 Å². The van der Waals surface area contributed by atoms with Crippen LogP contribution in [0.2, 0.25) is 0 Å². The molecule has 1 aromatic heterocycles. The summed E-state index contributed by atoms with van der Waals surface area (Å²) in [5, 5.41) is 19.7. The quantitative estimate of drug-likeness (QED) is 0.670. The predicted octanol–water partition coefficient (Wildman–Crippen LogP) is 2.65. The van der Waals surface area contributed by atoms with Crippen molar-refractivity contribution in [1.29, 1.82) is 0 Å². The van der Waals surface area contributed by atoms with E-state index in [0.29, 0.717) is 13.0 Å². The fraction of sp³-hybridized carbons (Fsp3) is 0.214. The van der Waals surface area contributed by atoms with Gasteiger partial charge in [0.15, 0.2) is 0 Å². The summed E-state index contributed by atoms with van der Waals surface area (Å²) < 4.78 is 1.68. The van der Waals surface area contributed by atoms with Gasteiger partial charge in [-0.3, -0.25) is 10.1 Å². The van der Waals surface area contributed by atoms with E-state index in [-0.39, 0.29) is 11.4 Å². The Morgan fingerprint density at radius 2 is 1.95 bits per heavy atom. The van der Waals surface area contributed by atoms with Crippen molar-refractivity contribution in [3.05, 3.63) is 63.5 Å². The number of nitrogens with zero attached hydrogens (tertiary/aromatic N) is 2. The number of aryl methyl sites for hydroxylation is 3. The molecule has 1 heterocycles. The van der Waals surface area contributed by atoms with Gasteiger partial charge in [0.1, 0.15) is 5.69 Å². The van der Waals surface area contributed by atoms with Gasteiger partial charge in [-0.1, -0.05) is 12.1 Å². The Labute approximate surface area is 115 Å². The maximum Gasteiger partial charge on any atom is 0.352 e. The fourth-order valence-corrected chi connectivity index (χ4v) is 2.09. The number of benzene rings is 1. The Bertz CT molecular complexity index is 644. The molecular formula is C14H14N2O4. The Kier molecular flexibility index (Phi) is 3.84. The summed E-state index contributed by atoms with van der Waals surface area (Å²) in [7, 11) is 0. The number of nitro benzene ring substituents is 1. The van der Waals surface area contributed by atoms with Crippen molar-refractivity contribution in [3.63, 3.8) is 0 Å². The van der Waals surface area contributed by atoms with Crippen molar-refractivity contribution in [3.8, 4) is 0 Å². The molecule has 0 amide bonds. The van der Waals surface area contributed by atoms with Crippen LogP contribution >= 0.6 is 0 Å². The molecule has 0 saturated carbocycles. The highest BCUT2D eigenvalue weighted by molar-refractivity contribution is 5.87. The molecule has 1 N–H and O–H groups in total. The molecule has 0 saturated heterocycles. The standard InChI is InChI=1S/C14H14N2O4/c1-10-6-8-15(13(10)14(17)18)9-7-11-2-4-12(5-3-11)16(19)20/h2-6,8H,7,9H2,1H3,(H,17,18). The van der Waals surface area contributed by atoms with Crippen LogP contribution in [0.5, 0.6) is 0 Å². The lowest BCUT2D eigenvalue weighted by Crippen LogP contribution is -2.10. The van der Waals surface area contributed by atoms with E-state index in [1.54, 1.807) is 35.9 Å². The average molecular weight is 274 g/mol. The molecule has 0 fully saturated rings. The van der Waals surface area contributed by atoms with Gasteiger partial charge in [0.25, 0.3) is 5.69 Å². The highest BCUT2D eigenvalue weighted by atomic mass is 16.6. The van der Waals surface area contributed by atoms with Crippen LogP contribution in [0, 0.1) is 17.0 Å². The van der Waals surface area contributed by atoms with Gasteiger partial charge in [-0.25, -0.2) is 4.79 Å². The summed E-state index contributed by atoms with van der Waals surface area (Å²) in [5.74, 6) is -0.948. The molecule has 20 heavy (non-hydrogen) atoms. The minimum absolute atomic E-state index is 0.0526. The molecule has 0 spiro atoms. The number of aromatic carboxylic acids is 1. The number of aromatic nitrogens is 1. The smallest absolute Gasteiger partial charge is 0.352 e. The molecule has 0 aliphatic rings. The zero-order valence-corrected chi connectivity index (χ0v) is 10.9. The Hall–Kier alpha value is -2.63. The average Bonchev–Trinajstić information content (AvgIpc) is 2.78. The second kappa shape index (κ2) is 5.56. The van der Waals surface area contributed by atoms with Crippen LogP contribution in [0.3, 0.4) is 0 Å². The van der Waals surface area contributed by atoms with Crippen LogP contribution in [0.4, 0.5) is 5.69 Å². The molecule has 2 rings (SSSR count). The molecule has 0 aliphatic carbocycles. The number of hydrogen-bond acceptors (Lipinski definition) is 3. The van der Waals surface area contributed by atoms with Gasteiger partial charge in [-0.15, -0.1) is 0 Å². The molecular weight excluding hydrogens is 260 g/mol. The summed E-state index contributed by atoms with van der Waals surface area (Å²) in [6, 6.07) is 8.05. The SMILES string of the molecule is Cc1ccn(CCc2ccc([N+](=O)[O-])cc2)c1C(=O)O. The van der Waals surface area contributed by atoms with Crippen molar-refractivity contribution >= 4 is 11.7 Å². The zero-order chi connectivity index (χ0) is 14.7. The van der Waals surface area contributed by atoms with E-state index in [1.807, 2.05) is 0 Å². The van der Waals surface area contributed by atoms with Gasteiger partial charge >= 0.3 is 5.97 Å². The van der Waals surface area contributed by atoms with Gasteiger partial charge < -0.3 is 9.67 Å². The third-order valence-corrected chi connectivity index (χ3v) is 3.16. The number of hydrogen-bond donors (Lipinski definition) is 1. The lowest BCUT2D eigenvalue weighted by molar-refractivity contribution is -0.384. The number of nitro groups is 1. The van der Waals surface area contributed by atoms with E-state index in [4.69, 9.17) is 5.11 Å². The largest absolute Gasteiger partial charge is 0.477 e. The second-order valence-corrected chi connectivity index (χ2v) is 4.52. The lowest BCUT2D eigenvalue weighted by Gasteiger charge is -2.07. The highest BCUT2D eigenvalue weighted by Gasteiger charge is 2.13. The Morgan fingerprint density at radius 1 is 1.30 bits per heavy atom. The third-order valence-electron chi connectivity index (χ3n) is 3.16. The van der Waals surface area contributed by atoms with Crippen LogP contribution in [0.1, 0.15) is 21.6 Å². The molecule has 104 valence electrons. The lowest BCUT2D eigenvalue weighted by atomic mass is 10.1. The van der Waals surface area contributed by atoms with Crippen molar-refractivity contribution < 1.29 is 14.8 Å². The maximum atomic E-state index is 11.1. The maximum absolute atomic E-state index is 11.1. The number of carboxylic acids is 1. The molecule has 6 nitrogen and oxygen atoms in total. The third kappa shape index (κ3) is 2.85. The number of carboxylic acid groups (broad SMARTS) is 1. The summed E-state index contributed by atoms with van der Waals surface area (Å²) in [6.45, 7) is 2.28. The minimum Gasteiger partial charge on any atom is -0.477 e.